The van der Waals surface area contributed by atoms with Gasteiger partial charge in [-0.3, -0.25) is 9.78 Å². The summed E-state index contributed by atoms with van der Waals surface area (Å²) in [5.41, 5.74) is 7.24. The highest BCUT2D eigenvalue weighted by Crippen LogP contribution is 2.43. The van der Waals surface area contributed by atoms with E-state index in [9.17, 15) is 9.59 Å². The second-order valence-corrected chi connectivity index (χ2v) is 9.65. The Hall–Kier alpha value is -4.65. The third kappa shape index (κ3) is 4.36. The number of aromatic nitrogens is 1. The van der Waals surface area contributed by atoms with Gasteiger partial charge in [0, 0.05) is 62.6 Å². The van der Waals surface area contributed by atoms with E-state index in [-0.39, 0.29) is 18.0 Å². The zero-order valence-corrected chi connectivity index (χ0v) is 21.2. The van der Waals surface area contributed by atoms with Crippen LogP contribution in [-0.2, 0) is 0 Å². The Morgan fingerprint density at radius 3 is 1.87 bits per heavy atom. The van der Waals surface area contributed by atoms with Crippen LogP contribution in [0.15, 0.2) is 97.3 Å². The molecule has 7 nitrogen and oxygen atoms in total. The molecule has 1 N–H and O–H groups in total. The third-order valence-corrected chi connectivity index (χ3v) is 7.51. The highest BCUT2D eigenvalue weighted by atomic mass is 16.2. The number of pyridine rings is 1. The van der Waals surface area contributed by atoms with Crippen LogP contribution in [-0.4, -0.2) is 59.9 Å². The number of rotatable bonds is 4. The number of carbonyl (C=O) groups excluding carboxylic acids is 2. The van der Waals surface area contributed by atoms with E-state index in [0.717, 1.165) is 22.5 Å². The maximum absolute atomic E-state index is 13.2. The summed E-state index contributed by atoms with van der Waals surface area (Å²) in [5.74, 6) is -0.0122. The summed E-state index contributed by atoms with van der Waals surface area (Å²) < 4.78 is 0. The largest absolute Gasteiger partial charge is 0.345 e. The number of urea groups is 1. The molecule has 7 heteroatoms. The van der Waals surface area contributed by atoms with E-state index in [4.69, 9.17) is 0 Å². The van der Waals surface area contributed by atoms with E-state index in [1.165, 1.54) is 11.1 Å². The van der Waals surface area contributed by atoms with Gasteiger partial charge in [0.1, 0.15) is 0 Å². The molecular formula is C31H29N5O2. The van der Waals surface area contributed by atoms with E-state index in [2.05, 4.69) is 39.5 Å². The van der Waals surface area contributed by atoms with Gasteiger partial charge >= 0.3 is 6.03 Å². The lowest BCUT2D eigenvalue weighted by atomic mass is 10.1. The highest BCUT2D eigenvalue weighted by molar-refractivity contribution is 5.95. The van der Waals surface area contributed by atoms with Crippen LogP contribution in [0.2, 0.25) is 0 Å². The number of fused-ring (bicyclic) bond motifs is 3. The van der Waals surface area contributed by atoms with E-state index in [1.54, 1.807) is 17.3 Å². The minimum absolute atomic E-state index is 0.0122. The molecule has 3 amide bonds. The molecule has 190 valence electrons. The molecule has 6 rings (SSSR count). The van der Waals surface area contributed by atoms with Crippen molar-refractivity contribution in [3.8, 4) is 11.1 Å². The Kier molecular flexibility index (Phi) is 6.25. The molecule has 2 heterocycles. The van der Waals surface area contributed by atoms with E-state index in [1.807, 2.05) is 72.6 Å². The molecule has 0 spiro atoms. The SMILES string of the molecule is CN(c1ccncc1)c1ccc(C(=O)N2CCN(C(=O)NC3c4ccccc4-c4ccccc43)CC2)cc1. The van der Waals surface area contributed by atoms with Crippen LogP contribution in [0.25, 0.3) is 11.1 Å². The Morgan fingerprint density at radius 1 is 0.737 bits per heavy atom. The average Bonchev–Trinajstić information content (AvgIpc) is 3.30. The van der Waals surface area contributed by atoms with Crippen LogP contribution in [0.4, 0.5) is 16.2 Å². The smallest absolute Gasteiger partial charge is 0.318 e. The lowest BCUT2D eigenvalue weighted by molar-refractivity contribution is 0.0664. The summed E-state index contributed by atoms with van der Waals surface area (Å²) in [7, 11) is 1.99. The van der Waals surface area contributed by atoms with Crippen molar-refractivity contribution >= 4 is 23.3 Å². The molecule has 0 atom stereocenters. The van der Waals surface area contributed by atoms with Crippen molar-refractivity contribution in [2.75, 3.05) is 38.1 Å². The Morgan fingerprint density at radius 2 is 1.26 bits per heavy atom. The first-order valence-corrected chi connectivity index (χ1v) is 12.9. The lowest BCUT2D eigenvalue weighted by Gasteiger charge is -2.35. The van der Waals surface area contributed by atoms with Crippen LogP contribution in [0.1, 0.15) is 27.5 Å². The van der Waals surface area contributed by atoms with Crippen LogP contribution in [0.5, 0.6) is 0 Å². The van der Waals surface area contributed by atoms with Gasteiger partial charge in [-0.25, -0.2) is 4.79 Å². The first-order valence-electron chi connectivity index (χ1n) is 12.9. The molecule has 4 aromatic rings. The number of benzene rings is 3. The van der Waals surface area contributed by atoms with Crippen molar-refractivity contribution < 1.29 is 9.59 Å². The molecule has 38 heavy (non-hydrogen) atoms. The molecule has 1 aliphatic carbocycles. The second-order valence-electron chi connectivity index (χ2n) is 9.65. The van der Waals surface area contributed by atoms with Gasteiger partial charge < -0.3 is 20.0 Å². The van der Waals surface area contributed by atoms with Crippen LogP contribution in [0, 0.1) is 0 Å². The first-order chi connectivity index (χ1) is 18.6. The van der Waals surface area contributed by atoms with E-state index >= 15 is 0 Å². The Labute approximate surface area is 222 Å². The second kappa shape index (κ2) is 10.0. The summed E-state index contributed by atoms with van der Waals surface area (Å²) in [5, 5.41) is 3.24. The number of anilines is 2. The van der Waals surface area contributed by atoms with Gasteiger partial charge in [-0.2, -0.15) is 0 Å². The number of hydrogen-bond donors (Lipinski definition) is 1. The van der Waals surface area contributed by atoms with Crippen LogP contribution >= 0.6 is 0 Å². The highest BCUT2D eigenvalue weighted by Gasteiger charge is 2.32. The molecule has 1 aliphatic heterocycles. The summed E-state index contributed by atoms with van der Waals surface area (Å²) in [6.07, 6.45) is 3.52. The van der Waals surface area contributed by atoms with Crippen molar-refractivity contribution in [2.24, 2.45) is 0 Å². The van der Waals surface area contributed by atoms with Crippen molar-refractivity contribution in [3.63, 3.8) is 0 Å². The molecule has 3 aromatic carbocycles. The standard InChI is InChI=1S/C31H29N5O2/c1-34(24-14-16-32-17-15-24)23-12-10-22(11-13-23)30(37)35-18-20-36(21-19-35)31(38)33-29-27-8-4-2-6-25(27)26-7-3-5-9-28(26)29/h2-17,29H,18-21H2,1H3,(H,33,38). The van der Waals surface area contributed by atoms with Gasteiger partial charge in [0.05, 0.1) is 6.04 Å². The van der Waals surface area contributed by atoms with Gasteiger partial charge in [-0.15, -0.1) is 0 Å². The van der Waals surface area contributed by atoms with Gasteiger partial charge in [0.25, 0.3) is 5.91 Å². The number of piperazine rings is 1. The molecule has 0 bridgehead atoms. The minimum atomic E-state index is -0.168. The Balaban J connectivity index is 1.07. The quantitative estimate of drug-likeness (QED) is 0.421. The predicted octanol–water partition coefficient (Wildman–Crippen LogP) is 5.09. The summed E-state index contributed by atoms with van der Waals surface area (Å²) in [6, 6.07) is 27.7. The van der Waals surface area contributed by atoms with E-state index < -0.39 is 0 Å². The van der Waals surface area contributed by atoms with E-state index in [0.29, 0.717) is 31.7 Å². The molecule has 1 saturated heterocycles. The number of nitrogens with one attached hydrogen (secondary N) is 1. The summed E-state index contributed by atoms with van der Waals surface area (Å²) in [4.78, 5) is 36.2. The van der Waals surface area contributed by atoms with Gasteiger partial charge in [-0.1, -0.05) is 48.5 Å². The molecule has 2 aliphatic rings. The first kappa shape index (κ1) is 23.7. The van der Waals surface area contributed by atoms with Crippen molar-refractivity contribution in [2.45, 2.75) is 6.04 Å². The maximum atomic E-state index is 13.2. The number of amides is 3. The lowest BCUT2D eigenvalue weighted by Crippen LogP contribution is -2.53. The normalized spacial score (nSPS) is 14.6. The average molecular weight is 504 g/mol. The topological polar surface area (TPSA) is 68.8 Å². The van der Waals surface area contributed by atoms with Crippen molar-refractivity contribution in [3.05, 3.63) is 114 Å². The molecule has 0 unspecified atom stereocenters. The predicted molar refractivity (Wildman–Crippen MR) is 148 cm³/mol. The van der Waals surface area contributed by atoms with Gasteiger partial charge in [0.15, 0.2) is 0 Å². The monoisotopic (exact) mass is 503 g/mol. The van der Waals surface area contributed by atoms with Crippen LogP contribution < -0.4 is 10.2 Å². The molecular weight excluding hydrogens is 474 g/mol. The number of nitrogens with zero attached hydrogens (tertiary/aromatic N) is 4. The van der Waals surface area contributed by atoms with Crippen molar-refractivity contribution in [1.29, 1.82) is 0 Å². The fourth-order valence-corrected chi connectivity index (χ4v) is 5.37. The summed E-state index contributed by atoms with van der Waals surface area (Å²) in [6.45, 7) is 2.00. The van der Waals surface area contributed by atoms with Gasteiger partial charge in [-0.05, 0) is 58.7 Å². The van der Waals surface area contributed by atoms with Crippen molar-refractivity contribution in [1.82, 2.24) is 20.1 Å². The minimum Gasteiger partial charge on any atom is -0.345 e. The van der Waals surface area contributed by atoms with Gasteiger partial charge in [0.2, 0.25) is 0 Å². The maximum Gasteiger partial charge on any atom is 0.318 e. The number of hydrogen-bond acceptors (Lipinski definition) is 4. The number of carbonyl (C=O) groups is 2. The molecule has 0 radical (unpaired) electrons. The Bertz CT molecular complexity index is 1420. The zero-order valence-electron chi connectivity index (χ0n) is 21.2. The fourth-order valence-electron chi connectivity index (χ4n) is 5.37. The summed E-state index contributed by atoms with van der Waals surface area (Å²) >= 11 is 0. The molecule has 0 saturated carbocycles. The fraction of sp³-hybridized carbons (Fsp3) is 0.194. The van der Waals surface area contributed by atoms with Crippen LogP contribution in [0.3, 0.4) is 0 Å². The molecule has 1 fully saturated rings. The zero-order chi connectivity index (χ0) is 26.1. The molecule has 1 aromatic heterocycles. The third-order valence-electron chi connectivity index (χ3n) is 7.51.